The number of ether oxygens (including phenoxy) is 1. The maximum atomic E-state index is 13.3. The van der Waals surface area contributed by atoms with Gasteiger partial charge in [-0.25, -0.2) is 18.4 Å². The minimum absolute atomic E-state index is 0.0428. The maximum Gasteiger partial charge on any atom is 0.250 e. The van der Waals surface area contributed by atoms with Crippen LogP contribution in [0.25, 0.3) is 11.5 Å². The predicted molar refractivity (Wildman–Crippen MR) is 109 cm³/mol. The largest absolute Gasteiger partial charge is 0.495 e. The number of sulfonamides is 1. The molecule has 1 saturated heterocycles. The van der Waals surface area contributed by atoms with Crippen LogP contribution in [0.1, 0.15) is 30.5 Å². The number of piperidine rings is 1. The Kier molecular flexibility index (Phi) is 5.72. The highest BCUT2D eigenvalue weighted by atomic mass is 35.5. The van der Waals surface area contributed by atoms with E-state index in [1.807, 2.05) is 0 Å². The summed E-state index contributed by atoms with van der Waals surface area (Å²) in [5.74, 6) is 1.38. The Hall–Kier alpha value is -2.56. The van der Waals surface area contributed by atoms with Crippen LogP contribution in [-0.2, 0) is 10.0 Å². The summed E-state index contributed by atoms with van der Waals surface area (Å²) in [7, 11) is -2.38. The highest BCUT2D eigenvalue weighted by Gasteiger charge is 2.35. The molecule has 2 aromatic heterocycles. The van der Waals surface area contributed by atoms with E-state index < -0.39 is 10.0 Å². The van der Waals surface area contributed by atoms with Crippen LogP contribution in [0.3, 0.4) is 0 Å². The second kappa shape index (κ2) is 8.29. The summed E-state index contributed by atoms with van der Waals surface area (Å²) in [6.45, 7) is 2.40. The Balaban J connectivity index is 1.58. The lowest BCUT2D eigenvalue weighted by Gasteiger charge is -2.30. The molecule has 0 radical (unpaired) electrons. The first kappa shape index (κ1) is 20.7. The zero-order valence-electron chi connectivity index (χ0n) is 16.4. The molecule has 3 heterocycles. The first-order valence-electron chi connectivity index (χ1n) is 9.34. The SMILES string of the molecule is COc1ccc(Cl)cc1S(=O)(=O)N1CCC[C@H](c2nnc(-c3cnc(C)nc3)o2)C1. The average molecular weight is 450 g/mol. The molecule has 9 nitrogen and oxygen atoms in total. The second-order valence-electron chi connectivity index (χ2n) is 6.96. The third kappa shape index (κ3) is 4.03. The van der Waals surface area contributed by atoms with Crippen LogP contribution in [0.4, 0.5) is 0 Å². The van der Waals surface area contributed by atoms with Crippen molar-refractivity contribution in [3.8, 4) is 17.2 Å². The van der Waals surface area contributed by atoms with Gasteiger partial charge in [0.2, 0.25) is 15.9 Å². The van der Waals surface area contributed by atoms with Crippen LogP contribution in [0.2, 0.25) is 5.02 Å². The highest BCUT2D eigenvalue weighted by Crippen LogP contribution is 2.34. The lowest BCUT2D eigenvalue weighted by molar-refractivity contribution is 0.285. The van der Waals surface area contributed by atoms with Crippen molar-refractivity contribution in [1.82, 2.24) is 24.5 Å². The summed E-state index contributed by atoms with van der Waals surface area (Å²) >= 11 is 6.03. The van der Waals surface area contributed by atoms with Crippen LogP contribution in [0, 0.1) is 6.92 Å². The van der Waals surface area contributed by atoms with Crippen molar-refractivity contribution in [3.63, 3.8) is 0 Å². The van der Waals surface area contributed by atoms with Gasteiger partial charge in [0.25, 0.3) is 5.89 Å². The van der Waals surface area contributed by atoms with Crippen LogP contribution < -0.4 is 4.74 Å². The molecule has 1 aliphatic rings. The van der Waals surface area contributed by atoms with E-state index in [2.05, 4.69) is 20.2 Å². The van der Waals surface area contributed by atoms with Crippen LogP contribution in [-0.4, -0.2) is 53.1 Å². The average Bonchev–Trinajstić information content (AvgIpc) is 3.24. The minimum Gasteiger partial charge on any atom is -0.495 e. The Bertz CT molecular complexity index is 1150. The molecule has 0 bridgehead atoms. The summed E-state index contributed by atoms with van der Waals surface area (Å²) < 4.78 is 39.0. The van der Waals surface area contributed by atoms with Gasteiger partial charge in [0.1, 0.15) is 16.5 Å². The lowest BCUT2D eigenvalue weighted by atomic mass is 10.00. The van der Waals surface area contributed by atoms with Crippen molar-refractivity contribution >= 4 is 21.6 Å². The molecular weight excluding hydrogens is 430 g/mol. The van der Waals surface area contributed by atoms with Gasteiger partial charge in [-0.2, -0.15) is 4.31 Å². The van der Waals surface area contributed by atoms with Crippen molar-refractivity contribution < 1.29 is 17.6 Å². The maximum absolute atomic E-state index is 13.3. The van der Waals surface area contributed by atoms with E-state index in [1.54, 1.807) is 31.5 Å². The molecule has 1 aromatic carbocycles. The summed E-state index contributed by atoms with van der Waals surface area (Å²) in [5, 5.41) is 8.53. The van der Waals surface area contributed by atoms with E-state index in [4.69, 9.17) is 20.8 Å². The fourth-order valence-electron chi connectivity index (χ4n) is 3.37. The summed E-state index contributed by atoms with van der Waals surface area (Å²) in [6, 6.07) is 4.54. The van der Waals surface area contributed by atoms with E-state index in [0.29, 0.717) is 41.2 Å². The van der Waals surface area contributed by atoms with E-state index >= 15 is 0 Å². The Morgan fingerprint density at radius 1 is 1.23 bits per heavy atom. The molecule has 30 heavy (non-hydrogen) atoms. The number of benzene rings is 1. The van der Waals surface area contributed by atoms with Crippen molar-refractivity contribution in [3.05, 3.63) is 47.3 Å². The van der Waals surface area contributed by atoms with Gasteiger partial charge >= 0.3 is 0 Å². The molecule has 0 amide bonds. The normalized spacial score (nSPS) is 17.8. The van der Waals surface area contributed by atoms with E-state index in [1.165, 1.54) is 17.5 Å². The molecule has 0 N–H and O–H groups in total. The molecule has 0 aliphatic carbocycles. The van der Waals surface area contributed by atoms with Crippen molar-refractivity contribution in [2.75, 3.05) is 20.2 Å². The van der Waals surface area contributed by atoms with Crippen LogP contribution >= 0.6 is 11.6 Å². The third-order valence-electron chi connectivity index (χ3n) is 4.95. The van der Waals surface area contributed by atoms with Crippen molar-refractivity contribution in [1.29, 1.82) is 0 Å². The molecule has 4 rings (SSSR count). The molecule has 11 heteroatoms. The Labute approximate surface area is 179 Å². The van der Waals surface area contributed by atoms with E-state index in [0.717, 1.165) is 6.42 Å². The first-order chi connectivity index (χ1) is 14.4. The monoisotopic (exact) mass is 449 g/mol. The Morgan fingerprint density at radius 3 is 2.73 bits per heavy atom. The quantitative estimate of drug-likeness (QED) is 0.584. The number of nitrogens with zero attached hydrogens (tertiary/aromatic N) is 5. The van der Waals surface area contributed by atoms with Crippen LogP contribution in [0.15, 0.2) is 39.9 Å². The van der Waals surface area contributed by atoms with E-state index in [9.17, 15) is 8.42 Å². The van der Waals surface area contributed by atoms with Gasteiger partial charge in [-0.05, 0) is 38.0 Å². The number of halogens is 1. The fourth-order valence-corrected chi connectivity index (χ4v) is 5.31. The standard InChI is InChI=1S/C19H20ClN5O4S/c1-12-21-9-14(10-22-12)19-24-23-18(29-19)13-4-3-7-25(11-13)30(26,27)17-8-15(20)5-6-16(17)28-2/h5-6,8-10,13H,3-4,7,11H2,1-2H3/t13-/m0/s1. The molecule has 0 unspecified atom stereocenters. The van der Waals surface area contributed by atoms with E-state index in [-0.39, 0.29) is 23.1 Å². The minimum atomic E-state index is -3.80. The summed E-state index contributed by atoms with van der Waals surface area (Å²) in [6.07, 6.45) is 4.63. The highest BCUT2D eigenvalue weighted by molar-refractivity contribution is 7.89. The van der Waals surface area contributed by atoms with Gasteiger partial charge in [-0.15, -0.1) is 10.2 Å². The van der Waals surface area contributed by atoms with Gasteiger partial charge in [-0.3, -0.25) is 0 Å². The van der Waals surface area contributed by atoms with Gasteiger partial charge in [0.05, 0.1) is 18.6 Å². The van der Waals surface area contributed by atoms with Gasteiger partial charge in [0, 0.05) is 30.5 Å². The molecular formula is C19H20ClN5O4S. The molecule has 3 aromatic rings. The van der Waals surface area contributed by atoms with Gasteiger partial charge in [-0.1, -0.05) is 11.6 Å². The molecule has 158 valence electrons. The molecule has 1 aliphatic heterocycles. The van der Waals surface area contributed by atoms with Crippen LogP contribution in [0.5, 0.6) is 5.75 Å². The predicted octanol–water partition coefficient (Wildman–Crippen LogP) is 3.07. The number of rotatable bonds is 5. The number of methoxy groups -OCH3 is 1. The topological polar surface area (TPSA) is 111 Å². The smallest absolute Gasteiger partial charge is 0.250 e. The lowest BCUT2D eigenvalue weighted by Crippen LogP contribution is -2.39. The second-order valence-corrected chi connectivity index (χ2v) is 9.30. The van der Waals surface area contributed by atoms with Gasteiger partial charge in [0.15, 0.2) is 0 Å². The van der Waals surface area contributed by atoms with Gasteiger partial charge < -0.3 is 9.15 Å². The summed E-state index contributed by atoms with van der Waals surface area (Å²) in [5.41, 5.74) is 0.614. The molecule has 1 fully saturated rings. The zero-order valence-corrected chi connectivity index (χ0v) is 18.0. The van der Waals surface area contributed by atoms with Crippen molar-refractivity contribution in [2.45, 2.75) is 30.6 Å². The zero-order chi connectivity index (χ0) is 21.3. The first-order valence-corrected chi connectivity index (χ1v) is 11.2. The fraction of sp³-hybridized carbons (Fsp3) is 0.368. The number of aromatic nitrogens is 4. The molecule has 0 saturated carbocycles. The summed E-state index contributed by atoms with van der Waals surface area (Å²) in [4.78, 5) is 8.30. The number of hydrogen-bond donors (Lipinski definition) is 0. The molecule has 0 spiro atoms. The molecule has 1 atom stereocenters. The third-order valence-corrected chi connectivity index (χ3v) is 7.07. The Morgan fingerprint density at radius 2 is 2.00 bits per heavy atom. The van der Waals surface area contributed by atoms with Crippen molar-refractivity contribution in [2.24, 2.45) is 0 Å². The number of aryl methyl sites for hydroxylation is 1. The number of hydrogen-bond acceptors (Lipinski definition) is 8.